The van der Waals surface area contributed by atoms with Crippen LogP contribution in [0.25, 0.3) is 11.1 Å². The Labute approximate surface area is 205 Å². The lowest BCUT2D eigenvalue weighted by atomic mass is 9.95. The van der Waals surface area contributed by atoms with Crippen LogP contribution in [0.4, 0.5) is 5.69 Å². The summed E-state index contributed by atoms with van der Waals surface area (Å²) in [5.41, 5.74) is 3.52. The van der Waals surface area contributed by atoms with Crippen LogP contribution in [0.1, 0.15) is 15.9 Å². The van der Waals surface area contributed by atoms with Gasteiger partial charge in [0.05, 0.1) is 30.5 Å². The third kappa shape index (κ3) is 5.63. The number of H-pyrrole nitrogens is 1. The first-order chi connectivity index (χ1) is 16.9. The van der Waals surface area contributed by atoms with Gasteiger partial charge in [-0.15, -0.1) is 0 Å². The zero-order chi connectivity index (χ0) is 24.9. The SMILES string of the molecule is COc1ccc2c(c1)C[C@H](C(=O)Nc1ccc(-c3cn[nH]c3)cc1C(=O)N(C)CCN(C)C)CO2. The molecule has 0 aliphatic carbocycles. The molecule has 0 spiro atoms. The second-order valence-corrected chi connectivity index (χ2v) is 8.95. The molecule has 35 heavy (non-hydrogen) atoms. The quantitative estimate of drug-likeness (QED) is 0.518. The fraction of sp³-hybridized carbons (Fsp3) is 0.346. The van der Waals surface area contributed by atoms with Crippen molar-refractivity contribution in [2.75, 3.05) is 53.3 Å². The van der Waals surface area contributed by atoms with E-state index in [4.69, 9.17) is 9.47 Å². The number of nitrogens with one attached hydrogen (secondary N) is 2. The molecule has 0 unspecified atom stereocenters. The van der Waals surface area contributed by atoms with Crippen LogP contribution in [0.2, 0.25) is 0 Å². The minimum atomic E-state index is -0.391. The van der Waals surface area contributed by atoms with Gasteiger partial charge in [-0.05, 0) is 62.0 Å². The number of likely N-dealkylation sites (N-methyl/N-ethyl adjacent to an activating group) is 2. The third-order valence-corrected chi connectivity index (χ3v) is 6.11. The number of rotatable bonds is 8. The van der Waals surface area contributed by atoms with Crippen molar-refractivity contribution in [2.45, 2.75) is 6.42 Å². The molecular formula is C26H31N5O4. The topological polar surface area (TPSA) is 99.8 Å². The molecule has 3 aromatic rings. The van der Waals surface area contributed by atoms with Gasteiger partial charge in [-0.25, -0.2) is 0 Å². The van der Waals surface area contributed by atoms with E-state index in [1.165, 1.54) is 0 Å². The van der Waals surface area contributed by atoms with Crippen molar-refractivity contribution < 1.29 is 19.1 Å². The Morgan fingerprint density at radius 3 is 2.69 bits per heavy atom. The van der Waals surface area contributed by atoms with E-state index < -0.39 is 5.92 Å². The summed E-state index contributed by atoms with van der Waals surface area (Å²) in [6.07, 6.45) is 3.99. The van der Waals surface area contributed by atoms with Crippen molar-refractivity contribution in [3.05, 3.63) is 59.9 Å². The number of hydrogen-bond donors (Lipinski definition) is 2. The van der Waals surface area contributed by atoms with Crippen LogP contribution in [-0.4, -0.2) is 79.8 Å². The number of nitrogens with zero attached hydrogens (tertiary/aromatic N) is 3. The summed E-state index contributed by atoms with van der Waals surface area (Å²) in [6.45, 7) is 1.56. The number of ether oxygens (including phenoxy) is 2. The maximum atomic E-state index is 13.4. The summed E-state index contributed by atoms with van der Waals surface area (Å²) in [4.78, 5) is 30.3. The van der Waals surface area contributed by atoms with Crippen LogP contribution in [0.15, 0.2) is 48.8 Å². The number of benzene rings is 2. The standard InChI is InChI=1S/C26H31N5O4/c1-30(2)9-10-31(3)26(33)22-13-17(20-14-27-28-15-20)5-7-23(22)29-25(32)19-11-18-12-21(34-4)6-8-24(18)35-16-19/h5-8,12-15,19H,9-11,16H2,1-4H3,(H,27,28)(H,29,32)/t19-/m0/s1. The Hall–Kier alpha value is -3.85. The molecule has 0 fully saturated rings. The van der Waals surface area contributed by atoms with E-state index in [1.807, 2.05) is 43.3 Å². The number of aromatic nitrogens is 2. The summed E-state index contributed by atoms with van der Waals surface area (Å²) in [7, 11) is 7.30. The van der Waals surface area contributed by atoms with Crippen LogP contribution in [0, 0.1) is 5.92 Å². The predicted octanol–water partition coefficient (Wildman–Crippen LogP) is 2.91. The van der Waals surface area contributed by atoms with E-state index in [1.54, 1.807) is 43.6 Å². The first-order valence-corrected chi connectivity index (χ1v) is 11.5. The lowest BCUT2D eigenvalue weighted by Crippen LogP contribution is -2.35. The zero-order valence-electron chi connectivity index (χ0n) is 20.5. The molecule has 4 rings (SSSR count). The predicted molar refractivity (Wildman–Crippen MR) is 134 cm³/mol. The zero-order valence-corrected chi connectivity index (χ0v) is 20.5. The number of carbonyl (C=O) groups excluding carboxylic acids is 2. The average molecular weight is 478 g/mol. The van der Waals surface area contributed by atoms with Gasteiger partial charge in [0, 0.05) is 31.9 Å². The van der Waals surface area contributed by atoms with Gasteiger partial charge in [-0.2, -0.15) is 5.10 Å². The largest absolute Gasteiger partial charge is 0.497 e. The Morgan fingerprint density at radius 2 is 1.97 bits per heavy atom. The molecule has 1 atom stereocenters. The number of fused-ring (bicyclic) bond motifs is 1. The number of amides is 2. The van der Waals surface area contributed by atoms with E-state index >= 15 is 0 Å². The Kier molecular flexibility index (Phi) is 7.36. The molecule has 2 amide bonds. The van der Waals surface area contributed by atoms with Crippen LogP contribution in [-0.2, 0) is 11.2 Å². The third-order valence-electron chi connectivity index (χ3n) is 6.11. The van der Waals surface area contributed by atoms with E-state index in [-0.39, 0.29) is 18.4 Å². The monoisotopic (exact) mass is 477 g/mol. The first-order valence-electron chi connectivity index (χ1n) is 11.5. The second kappa shape index (κ2) is 10.6. The molecule has 0 saturated heterocycles. The molecule has 0 bridgehead atoms. The minimum Gasteiger partial charge on any atom is -0.497 e. The molecule has 1 aromatic heterocycles. The van der Waals surface area contributed by atoms with Crippen LogP contribution in [0.3, 0.4) is 0 Å². The fourth-order valence-corrected chi connectivity index (χ4v) is 3.98. The number of methoxy groups -OCH3 is 1. The molecule has 9 heteroatoms. The maximum Gasteiger partial charge on any atom is 0.255 e. The number of carbonyl (C=O) groups is 2. The summed E-state index contributed by atoms with van der Waals surface area (Å²) in [5, 5.41) is 9.78. The Morgan fingerprint density at radius 1 is 1.14 bits per heavy atom. The van der Waals surface area contributed by atoms with Crippen LogP contribution in [0.5, 0.6) is 11.5 Å². The first kappa shape index (κ1) is 24.3. The lowest BCUT2D eigenvalue weighted by Gasteiger charge is -2.26. The molecule has 2 heterocycles. The van der Waals surface area contributed by atoms with E-state index in [9.17, 15) is 9.59 Å². The molecule has 2 aromatic carbocycles. The van der Waals surface area contributed by atoms with Gasteiger partial charge in [0.1, 0.15) is 18.1 Å². The smallest absolute Gasteiger partial charge is 0.255 e. The van der Waals surface area contributed by atoms with Crippen molar-refractivity contribution >= 4 is 17.5 Å². The van der Waals surface area contributed by atoms with Gasteiger partial charge in [0.2, 0.25) is 5.91 Å². The fourth-order valence-electron chi connectivity index (χ4n) is 3.98. The second-order valence-electron chi connectivity index (χ2n) is 8.95. The molecule has 0 saturated carbocycles. The van der Waals surface area contributed by atoms with Crippen molar-refractivity contribution in [1.82, 2.24) is 20.0 Å². The highest BCUT2D eigenvalue weighted by molar-refractivity contribution is 6.05. The molecular weight excluding hydrogens is 446 g/mol. The maximum absolute atomic E-state index is 13.4. The van der Waals surface area contributed by atoms with Crippen molar-refractivity contribution in [3.8, 4) is 22.6 Å². The summed E-state index contributed by atoms with van der Waals surface area (Å²) in [6, 6.07) is 11.0. The van der Waals surface area contributed by atoms with Gasteiger partial charge in [-0.3, -0.25) is 14.7 Å². The Bertz CT molecular complexity index is 1190. The highest BCUT2D eigenvalue weighted by atomic mass is 16.5. The highest BCUT2D eigenvalue weighted by Crippen LogP contribution is 2.32. The molecule has 2 N–H and O–H groups in total. The van der Waals surface area contributed by atoms with E-state index in [0.29, 0.717) is 24.2 Å². The summed E-state index contributed by atoms with van der Waals surface area (Å²) < 4.78 is 11.1. The van der Waals surface area contributed by atoms with Crippen LogP contribution >= 0.6 is 0 Å². The number of hydrogen-bond acceptors (Lipinski definition) is 6. The molecule has 1 aliphatic rings. The number of anilines is 1. The molecule has 184 valence electrons. The van der Waals surface area contributed by atoms with Crippen LogP contribution < -0.4 is 14.8 Å². The molecule has 9 nitrogen and oxygen atoms in total. The lowest BCUT2D eigenvalue weighted by molar-refractivity contribution is -0.121. The molecule has 0 radical (unpaired) electrons. The molecule has 1 aliphatic heterocycles. The van der Waals surface area contributed by atoms with Gasteiger partial charge in [0.25, 0.3) is 5.91 Å². The van der Waals surface area contributed by atoms with E-state index in [0.717, 1.165) is 34.7 Å². The van der Waals surface area contributed by atoms with Gasteiger partial charge in [0.15, 0.2) is 0 Å². The summed E-state index contributed by atoms with van der Waals surface area (Å²) >= 11 is 0. The summed E-state index contributed by atoms with van der Waals surface area (Å²) in [5.74, 6) is 0.731. The number of aromatic amines is 1. The van der Waals surface area contributed by atoms with Gasteiger partial charge >= 0.3 is 0 Å². The minimum absolute atomic E-state index is 0.164. The van der Waals surface area contributed by atoms with Crippen molar-refractivity contribution in [3.63, 3.8) is 0 Å². The Balaban J connectivity index is 1.57. The highest BCUT2D eigenvalue weighted by Gasteiger charge is 2.28. The van der Waals surface area contributed by atoms with Gasteiger partial charge in [-0.1, -0.05) is 6.07 Å². The van der Waals surface area contributed by atoms with Crippen molar-refractivity contribution in [1.29, 1.82) is 0 Å². The average Bonchev–Trinajstić information content (AvgIpc) is 3.41. The van der Waals surface area contributed by atoms with Gasteiger partial charge < -0.3 is 24.6 Å². The van der Waals surface area contributed by atoms with E-state index in [2.05, 4.69) is 15.5 Å². The normalized spacial score (nSPS) is 14.7. The van der Waals surface area contributed by atoms with Crippen molar-refractivity contribution in [2.24, 2.45) is 5.92 Å².